The van der Waals surface area contributed by atoms with Crippen LogP contribution in [0.4, 0.5) is 0 Å². The third-order valence-electron chi connectivity index (χ3n) is 3.50. The molecular formula is C12H21N3O. The first kappa shape index (κ1) is 11.6. The second-order valence-corrected chi connectivity index (χ2v) is 4.51. The van der Waals surface area contributed by atoms with Crippen molar-refractivity contribution in [1.82, 2.24) is 14.9 Å². The molecule has 2 unspecified atom stereocenters. The smallest absolute Gasteiger partial charge is 0.108 e. The zero-order valence-corrected chi connectivity index (χ0v) is 10.1. The Labute approximate surface area is 97.0 Å². The fourth-order valence-electron chi connectivity index (χ4n) is 2.41. The fourth-order valence-corrected chi connectivity index (χ4v) is 2.41. The zero-order valence-electron chi connectivity index (χ0n) is 10.1. The summed E-state index contributed by atoms with van der Waals surface area (Å²) in [6.07, 6.45) is 7.22. The molecule has 0 radical (unpaired) electrons. The molecule has 0 saturated carbocycles. The summed E-state index contributed by atoms with van der Waals surface area (Å²) in [6, 6.07) is 0.555. The molecule has 1 aromatic rings. The van der Waals surface area contributed by atoms with Crippen LogP contribution in [0.2, 0.25) is 0 Å². The first-order valence-corrected chi connectivity index (χ1v) is 6.02. The van der Waals surface area contributed by atoms with Gasteiger partial charge in [-0.05, 0) is 25.8 Å². The highest BCUT2D eigenvalue weighted by Crippen LogP contribution is 2.19. The van der Waals surface area contributed by atoms with Crippen molar-refractivity contribution in [3.63, 3.8) is 0 Å². The Morgan fingerprint density at radius 2 is 2.56 bits per heavy atom. The Bertz CT molecular complexity index is 318. The number of rotatable bonds is 5. The van der Waals surface area contributed by atoms with Gasteiger partial charge in [0.15, 0.2) is 0 Å². The summed E-state index contributed by atoms with van der Waals surface area (Å²) in [5.74, 6) is 1.84. The second kappa shape index (κ2) is 5.46. The van der Waals surface area contributed by atoms with E-state index in [0.29, 0.717) is 12.0 Å². The van der Waals surface area contributed by atoms with Gasteiger partial charge in [0.2, 0.25) is 0 Å². The van der Waals surface area contributed by atoms with E-state index in [1.54, 1.807) is 0 Å². The third kappa shape index (κ3) is 2.62. The van der Waals surface area contributed by atoms with E-state index in [2.05, 4.69) is 21.9 Å². The van der Waals surface area contributed by atoms with Gasteiger partial charge in [0.1, 0.15) is 5.82 Å². The molecule has 1 N–H and O–H groups in total. The van der Waals surface area contributed by atoms with Gasteiger partial charge in [0.25, 0.3) is 0 Å². The molecule has 0 aromatic carbocycles. The maximum absolute atomic E-state index is 5.44. The van der Waals surface area contributed by atoms with Gasteiger partial charge in [-0.25, -0.2) is 4.98 Å². The van der Waals surface area contributed by atoms with E-state index in [-0.39, 0.29) is 0 Å². The van der Waals surface area contributed by atoms with Crippen LogP contribution in [0.15, 0.2) is 12.4 Å². The van der Waals surface area contributed by atoms with Crippen LogP contribution in [-0.4, -0.2) is 35.9 Å². The Morgan fingerprint density at radius 1 is 1.69 bits per heavy atom. The number of nitrogens with one attached hydrogen (secondary N) is 1. The molecule has 4 heteroatoms. The molecule has 0 spiro atoms. The Morgan fingerprint density at radius 3 is 3.12 bits per heavy atom. The average Bonchev–Trinajstić information content (AvgIpc) is 2.92. The Kier molecular flexibility index (Phi) is 3.96. The SMILES string of the molecule is CNC(CCc1nccn1C)C1CCOC1. The molecule has 0 amide bonds. The molecule has 2 rings (SSSR count). The number of aromatic nitrogens is 2. The van der Waals surface area contributed by atoms with Crippen LogP contribution >= 0.6 is 0 Å². The maximum Gasteiger partial charge on any atom is 0.108 e. The number of aryl methyl sites for hydroxylation is 2. The predicted octanol–water partition coefficient (Wildman–Crippen LogP) is 0.977. The van der Waals surface area contributed by atoms with E-state index in [1.165, 1.54) is 12.2 Å². The molecule has 1 fully saturated rings. The van der Waals surface area contributed by atoms with E-state index in [4.69, 9.17) is 4.74 Å². The molecule has 4 nitrogen and oxygen atoms in total. The summed E-state index contributed by atoms with van der Waals surface area (Å²) in [5.41, 5.74) is 0. The number of nitrogens with zero attached hydrogens (tertiary/aromatic N) is 2. The number of hydrogen-bond donors (Lipinski definition) is 1. The Balaban J connectivity index is 1.85. The highest BCUT2D eigenvalue weighted by atomic mass is 16.5. The minimum atomic E-state index is 0.555. The third-order valence-corrected chi connectivity index (χ3v) is 3.50. The molecule has 2 atom stereocenters. The number of ether oxygens (including phenoxy) is 1. The summed E-state index contributed by atoms with van der Waals surface area (Å²) in [4.78, 5) is 4.35. The van der Waals surface area contributed by atoms with Crippen molar-refractivity contribution >= 4 is 0 Å². The van der Waals surface area contributed by atoms with Gasteiger partial charge in [-0.15, -0.1) is 0 Å². The van der Waals surface area contributed by atoms with Crippen molar-refractivity contribution < 1.29 is 4.74 Å². The Hall–Kier alpha value is -0.870. The largest absolute Gasteiger partial charge is 0.381 e. The van der Waals surface area contributed by atoms with E-state index in [1.807, 2.05) is 19.4 Å². The highest BCUT2D eigenvalue weighted by Gasteiger charge is 2.24. The van der Waals surface area contributed by atoms with Gasteiger partial charge in [-0.1, -0.05) is 0 Å². The first-order valence-electron chi connectivity index (χ1n) is 6.02. The van der Waals surface area contributed by atoms with Crippen LogP contribution in [0.3, 0.4) is 0 Å². The monoisotopic (exact) mass is 223 g/mol. The summed E-state index contributed by atoms with van der Waals surface area (Å²) < 4.78 is 7.53. The van der Waals surface area contributed by atoms with Crippen molar-refractivity contribution in [3.05, 3.63) is 18.2 Å². The lowest BCUT2D eigenvalue weighted by molar-refractivity contribution is 0.176. The van der Waals surface area contributed by atoms with E-state index in [9.17, 15) is 0 Å². The molecule has 1 aliphatic heterocycles. The van der Waals surface area contributed by atoms with Crippen LogP contribution in [0.25, 0.3) is 0 Å². The lowest BCUT2D eigenvalue weighted by Crippen LogP contribution is -2.34. The molecule has 1 aromatic heterocycles. The van der Waals surface area contributed by atoms with Crippen LogP contribution in [0.5, 0.6) is 0 Å². The normalized spacial score (nSPS) is 22.5. The van der Waals surface area contributed by atoms with Crippen LogP contribution in [0.1, 0.15) is 18.7 Å². The summed E-state index contributed by atoms with van der Waals surface area (Å²) in [7, 11) is 4.09. The van der Waals surface area contributed by atoms with E-state index >= 15 is 0 Å². The van der Waals surface area contributed by atoms with Gasteiger partial charge < -0.3 is 14.6 Å². The molecule has 1 aliphatic rings. The van der Waals surface area contributed by atoms with Crippen molar-refractivity contribution in [3.8, 4) is 0 Å². The molecule has 16 heavy (non-hydrogen) atoms. The lowest BCUT2D eigenvalue weighted by Gasteiger charge is -2.21. The second-order valence-electron chi connectivity index (χ2n) is 4.51. The highest BCUT2D eigenvalue weighted by molar-refractivity contribution is 4.93. The number of imidazole rings is 1. The van der Waals surface area contributed by atoms with Gasteiger partial charge in [-0.2, -0.15) is 0 Å². The molecule has 2 heterocycles. The van der Waals surface area contributed by atoms with Crippen LogP contribution in [-0.2, 0) is 18.2 Å². The van der Waals surface area contributed by atoms with Gasteiger partial charge in [0, 0.05) is 38.5 Å². The summed E-state index contributed by atoms with van der Waals surface area (Å²) in [6.45, 7) is 1.83. The topological polar surface area (TPSA) is 39.1 Å². The fraction of sp³-hybridized carbons (Fsp3) is 0.750. The molecule has 90 valence electrons. The standard InChI is InChI=1S/C12H21N3O/c1-13-11(10-5-8-16-9-10)3-4-12-14-6-7-15(12)2/h6-7,10-11,13H,3-5,8-9H2,1-2H3. The summed E-state index contributed by atoms with van der Waals surface area (Å²) >= 11 is 0. The van der Waals surface area contributed by atoms with Crippen molar-refractivity contribution in [2.75, 3.05) is 20.3 Å². The van der Waals surface area contributed by atoms with E-state index in [0.717, 1.165) is 26.1 Å². The van der Waals surface area contributed by atoms with Gasteiger partial charge in [-0.3, -0.25) is 0 Å². The first-order chi connectivity index (χ1) is 7.81. The molecule has 0 aliphatic carbocycles. The van der Waals surface area contributed by atoms with Gasteiger partial charge >= 0.3 is 0 Å². The average molecular weight is 223 g/mol. The minimum absolute atomic E-state index is 0.555. The van der Waals surface area contributed by atoms with Crippen molar-refractivity contribution in [2.24, 2.45) is 13.0 Å². The minimum Gasteiger partial charge on any atom is -0.381 e. The zero-order chi connectivity index (χ0) is 11.4. The van der Waals surface area contributed by atoms with E-state index < -0.39 is 0 Å². The lowest BCUT2D eigenvalue weighted by atomic mass is 9.95. The van der Waals surface area contributed by atoms with Crippen molar-refractivity contribution in [1.29, 1.82) is 0 Å². The molecule has 0 bridgehead atoms. The van der Waals surface area contributed by atoms with Crippen molar-refractivity contribution in [2.45, 2.75) is 25.3 Å². The number of hydrogen-bond acceptors (Lipinski definition) is 3. The predicted molar refractivity (Wildman–Crippen MR) is 63.3 cm³/mol. The quantitative estimate of drug-likeness (QED) is 0.808. The molecule has 1 saturated heterocycles. The van der Waals surface area contributed by atoms with Crippen LogP contribution < -0.4 is 5.32 Å². The van der Waals surface area contributed by atoms with Crippen LogP contribution in [0, 0.1) is 5.92 Å². The molecular weight excluding hydrogens is 202 g/mol. The summed E-state index contributed by atoms with van der Waals surface area (Å²) in [5, 5.41) is 3.41. The maximum atomic E-state index is 5.44. The van der Waals surface area contributed by atoms with Gasteiger partial charge in [0.05, 0.1) is 6.61 Å².